The molecular formula is C21H20FN2O+. The van der Waals surface area contributed by atoms with Crippen LogP contribution in [0.4, 0.5) is 10.1 Å². The summed E-state index contributed by atoms with van der Waals surface area (Å²) in [5.41, 5.74) is 3.84. The Morgan fingerprint density at radius 3 is 2.32 bits per heavy atom. The van der Waals surface area contributed by atoms with E-state index in [4.69, 9.17) is 0 Å². The van der Waals surface area contributed by atoms with Crippen LogP contribution in [0.2, 0.25) is 0 Å². The summed E-state index contributed by atoms with van der Waals surface area (Å²) >= 11 is 0. The van der Waals surface area contributed by atoms with Gasteiger partial charge in [0.25, 0.3) is 5.91 Å². The van der Waals surface area contributed by atoms with Crippen molar-refractivity contribution in [3.05, 3.63) is 90.2 Å². The summed E-state index contributed by atoms with van der Waals surface area (Å²) in [5.74, 6) is -0.315. The van der Waals surface area contributed by atoms with Gasteiger partial charge >= 0.3 is 0 Å². The highest BCUT2D eigenvalue weighted by Gasteiger charge is 2.09. The van der Waals surface area contributed by atoms with Gasteiger partial charge in [-0.25, -0.2) is 4.39 Å². The Morgan fingerprint density at radius 1 is 0.880 bits per heavy atom. The molecule has 0 spiro atoms. The molecule has 3 rings (SSSR count). The first-order valence-corrected chi connectivity index (χ1v) is 8.23. The molecule has 0 atom stereocenters. The van der Waals surface area contributed by atoms with E-state index in [0.717, 1.165) is 22.4 Å². The van der Waals surface area contributed by atoms with Gasteiger partial charge in [0.1, 0.15) is 12.4 Å². The molecule has 3 aromatic rings. The van der Waals surface area contributed by atoms with Crippen LogP contribution in [0.25, 0.3) is 11.1 Å². The largest absolute Gasteiger partial charge is 0.335 e. The molecule has 25 heavy (non-hydrogen) atoms. The molecule has 0 radical (unpaired) electrons. The van der Waals surface area contributed by atoms with Crippen LogP contribution < -0.4 is 10.6 Å². The van der Waals surface area contributed by atoms with Crippen molar-refractivity contribution in [2.24, 2.45) is 0 Å². The fraction of sp³-hybridized carbons (Fsp3) is 0.0952. The fourth-order valence-corrected chi connectivity index (χ4v) is 2.65. The quantitative estimate of drug-likeness (QED) is 0.714. The van der Waals surface area contributed by atoms with Gasteiger partial charge in [-0.05, 0) is 23.8 Å². The number of nitrogens with two attached hydrogens (primary N) is 1. The Labute approximate surface area is 146 Å². The Hall–Kier alpha value is -2.98. The Morgan fingerprint density at radius 2 is 1.56 bits per heavy atom. The summed E-state index contributed by atoms with van der Waals surface area (Å²) in [6.07, 6.45) is 0. The predicted octanol–water partition coefficient (Wildman–Crippen LogP) is 3.19. The highest BCUT2D eigenvalue weighted by molar-refractivity contribution is 5.95. The molecule has 3 N–H and O–H groups in total. The van der Waals surface area contributed by atoms with Crippen LogP contribution in [0, 0.1) is 5.82 Å². The van der Waals surface area contributed by atoms with Gasteiger partial charge in [0.2, 0.25) is 0 Å². The van der Waals surface area contributed by atoms with E-state index in [1.807, 2.05) is 59.9 Å². The van der Waals surface area contributed by atoms with Crippen molar-refractivity contribution in [3.63, 3.8) is 0 Å². The number of rotatable bonds is 6. The summed E-state index contributed by atoms with van der Waals surface area (Å²) in [7, 11) is 0. The molecule has 0 heterocycles. The van der Waals surface area contributed by atoms with Crippen molar-refractivity contribution in [2.75, 3.05) is 11.9 Å². The minimum atomic E-state index is -0.251. The standard InChI is InChI=1S/C21H19FN2O/c22-18-12-10-16(11-13-18)14-23-15-21(25)24-20-9-5-4-8-19(20)17-6-2-1-3-7-17/h1-13,23H,14-15H2,(H,24,25)/p+1. The number of carbonyl (C=O) groups excluding carboxylic acids is 1. The second-order valence-electron chi connectivity index (χ2n) is 5.78. The Kier molecular flexibility index (Phi) is 5.54. The van der Waals surface area contributed by atoms with Crippen molar-refractivity contribution >= 4 is 11.6 Å². The molecule has 3 aromatic carbocycles. The van der Waals surface area contributed by atoms with E-state index in [0.29, 0.717) is 13.1 Å². The van der Waals surface area contributed by atoms with Crippen LogP contribution in [0.5, 0.6) is 0 Å². The first-order valence-electron chi connectivity index (χ1n) is 8.23. The third-order valence-corrected chi connectivity index (χ3v) is 3.91. The highest BCUT2D eigenvalue weighted by Crippen LogP contribution is 2.27. The number of anilines is 1. The van der Waals surface area contributed by atoms with Gasteiger partial charge in [0.15, 0.2) is 6.54 Å². The highest BCUT2D eigenvalue weighted by atomic mass is 19.1. The molecule has 0 aliphatic carbocycles. The zero-order valence-electron chi connectivity index (χ0n) is 13.8. The van der Waals surface area contributed by atoms with Crippen molar-refractivity contribution < 1.29 is 14.5 Å². The first-order chi connectivity index (χ1) is 12.2. The van der Waals surface area contributed by atoms with Crippen molar-refractivity contribution in [1.82, 2.24) is 0 Å². The summed E-state index contributed by atoms with van der Waals surface area (Å²) in [6.45, 7) is 0.939. The topological polar surface area (TPSA) is 45.7 Å². The van der Waals surface area contributed by atoms with E-state index in [1.54, 1.807) is 12.1 Å². The SMILES string of the molecule is O=C(C[NH2+]Cc1ccc(F)cc1)Nc1ccccc1-c1ccccc1. The molecule has 0 aliphatic heterocycles. The molecule has 0 aromatic heterocycles. The zero-order valence-corrected chi connectivity index (χ0v) is 13.8. The van der Waals surface area contributed by atoms with Gasteiger partial charge in [-0.3, -0.25) is 4.79 Å². The molecule has 0 saturated heterocycles. The monoisotopic (exact) mass is 335 g/mol. The van der Waals surface area contributed by atoms with E-state index < -0.39 is 0 Å². The molecular weight excluding hydrogens is 315 g/mol. The van der Waals surface area contributed by atoms with E-state index in [1.165, 1.54) is 12.1 Å². The lowest BCUT2D eigenvalue weighted by Crippen LogP contribution is -2.84. The number of benzene rings is 3. The van der Waals surface area contributed by atoms with Crippen molar-refractivity contribution in [3.8, 4) is 11.1 Å². The summed E-state index contributed by atoms with van der Waals surface area (Å²) < 4.78 is 12.9. The normalized spacial score (nSPS) is 10.4. The number of halogens is 1. The Balaban J connectivity index is 1.59. The third kappa shape index (κ3) is 4.75. The second kappa shape index (κ2) is 8.22. The Bertz CT molecular complexity index is 832. The average Bonchev–Trinajstić information content (AvgIpc) is 2.64. The van der Waals surface area contributed by atoms with Crippen molar-refractivity contribution in [2.45, 2.75) is 6.54 Å². The van der Waals surface area contributed by atoms with Gasteiger partial charge in [-0.2, -0.15) is 0 Å². The third-order valence-electron chi connectivity index (χ3n) is 3.91. The molecule has 1 amide bonds. The van der Waals surface area contributed by atoms with E-state index in [9.17, 15) is 9.18 Å². The van der Waals surface area contributed by atoms with Gasteiger partial charge in [0.05, 0.1) is 0 Å². The van der Waals surface area contributed by atoms with E-state index >= 15 is 0 Å². The van der Waals surface area contributed by atoms with Crippen LogP contribution in [0.15, 0.2) is 78.9 Å². The fourth-order valence-electron chi connectivity index (χ4n) is 2.65. The van der Waals surface area contributed by atoms with Crippen LogP contribution in [-0.4, -0.2) is 12.5 Å². The minimum Gasteiger partial charge on any atom is -0.335 e. The summed E-state index contributed by atoms with van der Waals surface area (Å²) in [5, 5.41) is 4.87. The van der Waals surface area contributed by atoms with Crippen molar-refractivity contribution in [1.29, 1.82) is 0 Å². The van der Waals surface area contributed by atoms with Crippen LogP contribution in [-0.2, 0) is 11.3 Å². The zero-order chi connectivity index (χ0) is 17.5. The van der Waals surface area contributed by atoms with Crippen LogP contribution in [0.1, 0.15) is 5.56 Å². The lowest BCUT2D eigenvalue weighted by atomic mass is 10.0. The predicted molar refractivity (Wildman–Crippen MR) is 97.4 cm³/mol. The molecule has 0 unspecified atom stereocenters. The molecule has 126 valence electrons. The molecule has 0 fully saturated rings. The maximum atomic E-state index is 12.9. The maximum Gasteiger partial charge on any atom is 0.279 e. The number of nitrogens with one attached hydrogen (secondary N) is 1. The van der Waals surface area contributed by atoms with Gasteiger partial charge in [-0.1, -0.05) is 60.7 Å². The molecule has 0 saturated carbocycles. The van der Waals surface area contributed by atoms with Crippen LogP contribution >= 0.6 is 0 Å². The number of amides is 1. The van der Waals surface area contributed by atoms with Crippen LogP contribution in [0.3, 0.4) is 0 Å². The second-order valence-corrected chi connectivity index (χ2v) is 5.78. The lowest BCUT2D eigenvalue weighted by Gasteiger charge is -2.11. The first kappa shape index (κ1) is 16.9. The average molecular weight is 335 g/mol. The van der Waals surface area contributed by atoms with Gasteiger partial charge in [-0.15, -0.1) is 0 Å². The number of hydrogen-bond acceptors (Lipinski definition) is 1. The van der Waals surface area contributed by atoms with E-state index in [2.05, 4.69) is 5.32 Å². The van der Waals surface area contributed by atoms with E-state index in [-0.39, 0.29) is 11.7 Å². The lowest BCUT2D eigenvalue weighted by molar-refractivity contribution is -0.659. The molecule has 3 nitrogen and oxygen atoms in total. The maximum absolute atomic E-state index is 12.9. The molecule has 0 aliphatic rings. The van der Waals surface area contributed by atoms with Gasteiger partial charge < -0.3 is 10.6 Å². The number of hydrogen-bond donors (Lipinski definition) is 2. The smallest absolute Gasteiger partial charge is 0.279 e. The summed E-state index contributed by atoms with van der Waals surface area (Å²) in [6, 6.07) is 24.0. The number of quaternary nitrogens is 1. The summed E-state index contributed by atoms with van der Waals surface area (Å²) in [4.78, 5) is 12.2. The number of para-hydroxylation sites is 1. The molecule has 4 heteroatoms. The minimum absolute atomic E-state index is 0.0644. The number of carbonyl (C=O) groups is 1. The molecule has 0 bridgehead atoms. The van der Waals surface area contributed by atoms with Gasteiger partial charge in [0, 0.05) is 16.8 Å².